The predicted molar refractivity (Wildman–Crippen MR) is 92.0 cm³/mol. The molecule has 0 atom stereocenters. The molecule has 0 radical (unpaired) electrons. The molecule has 0 aromatic carbocycles. The van der Waals surface area contributed by atoms with Crippen LogP contribution in [-0.2, 0) is 5.75 Å². The summed E-state index contributed by atoms with van der Waals surface area (Å²) in [6, 6.07) is 4.13. The third kappa shape index (κ3) is 3.78. The van der Waals surface area contributed by atoms with Crippen molar-refractivity contribution in [2.45, 2.75) is 48.2 Å². The van der Waals surface area contributed by atoms with E-state index < -0.39 is 0 Å². The Bertz CT molecular complexity index is 765. The molecule has 1 N–H and O–H groups in total. The van der Waals surface area contributed by atoms with Gasteiger partial charge in [-0.15, -0.1) is 10.2 Å². The van der Waals surface area contributed by atoms with Crippen LogP contribution >= 0.6 is 23.1 Å². The molecule has 1 fully saturated rings. The van der Waals surface area contributed by atoms with E-state index in [-0.39, 0.29) is 0 Å². The van der Waals surface area contributed by atoms with E-state index in [1.807, 2.05) is 0 Å². The summed E-state index contributed by atoms with van der Waals surface area (Å²) in [4.78, 5) is 4.32. The highest BCUT2D eigenvalue weighted by molar-refractivity contribution is 8.00. The number of nitrogens with zero attached hydrogens (tertiary/aromatic N) is 4. The van der Waals surface area contributed by atoms with Crippen LogP contribution < -0.4 is 5.32 Å². The van der Waals surface area contributed by atoms with E-state index in [1.54, 1.807) is 41.5 Å². The number of furan rings is 1. The molecule has 0 aliphatic heterocycles. The van der Waals surface area contributed by atoms with Gasteiger partial charge in [-0.25, -0.2) is 0 Å². The quantitative estimate of drug-likeness (QED) is 0.651. The molecule has 3 aromatic rings. The zero-order valence-electron chi connectivity index (χ0n) is 13.0. The number of nitrogens with one attached hydrogen (secondary N) is 1. The van der Waals surface area contributed by atoms with Gasteiger partial charge in [0.15, 0.2) is 10.1 Å². The van der Waals surface area contributed by atoms with Crippen molar-refractivity contribution in [3.05, 3.63) is 24.3 Å². The molecule has 0 amide bonds. The first-order chi connectivity index (χ1) is 11.9. The van der Waals surface area contributed by atoms with Crippen LogP contribution in [0, 0.1) is 0 Å². The molecule has 0 spiro atoms. The maximum absolute atomic E-state index is 5.25. The lowest BCUT2D eigenvalue weighted by atomic mass is 9.96. The zero-order valence-corrected chi connectivity index (χ0v) is 14.6. The van der Waals surface area contributed by atoms with Gasteiger partial charge in [0.1, 0.15) is 0 Å². The first-order valence-electron chi connectivity index (χ1n) is 7.96. The average Bonchev–Trinajstić information content (AvgIpc) is 3.35. The highest BCUT2D eigenvalue weighted by Gasteiger charge is 2.16. The van der Waals surface area contributed by atoms with Crippen molar-refractivity contribution < 1.29 is 8.94 Å². The molecule has 4 rings (SSSR count). The van der Waals surface area contributed by atoms with Crippen LogP contribution in [0.1, 0.15) is 38.0 Å². The van der Waals surface area contributed by atoms with Crippen LogP contribution in [0.5, 0.6) is 0 Å². The van der Waals surface area contributed by atoms with E-state index in [9.17, 15) is 0 Å². The Morgan fingerprint density at radius 2 is 2.17 bits per heavy atom. The Morgan fingerprint density at radius 3 is 3.00 bits per heavy atom. The summed E-state index contributed by atoms with van der Waals surface area (Å²) in [5.74, 6) is 2.17. The van der Waals surface area contributed by atoms with E-state index in [0.29, 0.717) is 29.3 Å². The molecule has 1 saturated carbocycles. The lowest BCUT2D eigenvalue weighted by Crippen LogP contribution is -2.21. The molecule has 1 aliphatic rings. The minimum atomic E-state index is 0.465. The Morgan fingerprint density at radius 1 is 1.25 bits per heavy atom. The molecule has 1 aliphatic carbocycles. The van der Waals surface area contributed by atoms with E-state index in [0.717, 1.165) is 9.47 Å². The fourth-order valence-corrected chi connectivity index (χ4v) is 4.36. The number of anilines is 1. The fraction of sp³-hybridized carbons (Fsp3) is 0.467. The van der Waals surface area contributed by atoms with Crippen molar-refractivity contribution in [1.29, 1.82) is 0 Å². The molecular formula is C15H17N5O2S2. The Balaban J connectivity index is 1.31. The Kier molecular flexibility index (Phi) is 4.79. The van der Waals surface area contributed by atoms with Crippen LogP contribution in [0.2, 0.25) is 0 Å². The Hall–Kier alpha value is -1.87. The van der Waals surface area contributed by atoms with E-state index >= 15 is 0 Å². The lowest BCUT2D eigenvalue weighted by Gasteiger charge is -2.21. The second kappa shape index (κ2) is 7.35. The number of rotatable bonds is 6. The van der Waals surface area contributed by atoms with Crippen LogP contribution in [0.15, 0.2) is 31.7 Å². The van der Waals surface area contributed by atoms with Gasteiger partial charge in [0.05, 0.1) is 12.0 Å². The Labute approximate surface area is 147 Å². The predicted octanol–water partition coefficient (Wildman–Crippen LogP) is 4.22. The number of hydrogen-bond donors (Lipinski definition) is 1. The first-order valence-corrected chi connectivity index (χ1v) is 9.76. The summed E-state index contributed by atoms with van der Waals surface area (Å²) >= 11 is 3.12. The number of hydrogen-bond acceptors (Lipinski definition) is 9. The molecule has 0 saturated heterocycles. The standard InChI is InChI=1S/C15H17N5O2S2/c1-2-5-10(6-3-1)16-14-18-19-15(24-14)23-9-12-17-13(20-22-12)11-7-4-8-21-11/h4,7-8,10H,1-3,5-6,9H2,(H,16,18). The maximum Gasteiger partial charge on any atom is 0.238 e. The minimum absolute atomic E-state index is 0.465. The lowest BCUT2D eigenvalue weighted by molar-refractivity contribution is 0.390. The van der Waals surface area contributed by atoms with Gasteiger partial charge in [0.25, 0.3) is 0 Å². The largest absolute Gasteiger partial charge is 0.461 e. The van der Waals surface area contributed by atoms with E-state index in [4.69, 9.17) is 8.94 Å². The van der Waals surface area contributed by atoms with Crippen molar-refractivity contribution >= 4 is 28.2 Å². The summed E-state index contributed by atoms with van der Waals surface area (Å²) in [5, 5.41) is 16.7. The molecule has 3 aromatic heterocycles. The summed E-state index contributed by atoms with van der Waals surface area (Å²) in [6.07, 6.45) is 7.97. The van der Waals surface area contributed by atoms with Gasteiger partial charge in [0.2, 0.25) is 16.8 Å². The molecule has 126 valence electrons. The number of thioether (sulfide) groups is 1. The topological polar surface area (TPSA) is 89.9 Å². The van der Waals surface area contributed by atoms with Gasteiger partial charge in [-0.3, -0.25) is 0 Å². The summed E-state index contributed by atoms with van der Waals surface area (Å²) in [5.41, 5.74) is 0. The van der Waals surface area contributed by atoms with Crippen LogP contribution in [-0.4, -0.2) is 26.4 Å². The average molecular weight is 363 g/mol. The molecule has 0 unspecified atom stereocenters. The molecule has 24 heavy (non-hydrogen) atoms. The van der Waals surface area contributed by atoms with Crippen molar-refractivity contribution in [2.24, 2.45) is 0 Å². The third-order valence-corrected chi connectivity index (χ3v) is 5.84. The summed E-state index contributed by atoms with van der Waals surface area (Å²) in [7, 11) is 0. The highest BCUT2D eigenvalue weighted by atomic mass is 32.2. The van der Waals surface area contributed by atoms with E-state index in [1.165, 1.54) is 32.1 Å². The number of aromatic nitrogens is 4. The van der Waals surface area contributed by atoms with Crippen LogP contribution in [0.25, 0.3) is 11.6 Å². The monoisotopic (exact) mass is 363 g/mol. The third-order valence-electron chi connectivity index (χ3n) is 3.87. The fourth-order valence-electron chi connectivity index (χ4n) is 2.69. The summed E-state index contributed by atoms with van der Waals surface area (Å²) in [6.45, 7) is 0. The van der Waals surface area contributed by atoms with Gasteiger partial charge in [-0.05, 0) is 25.0 Å². The maximum atomic E-state index is 5.25. The zero-order chi connectivity index (χ0) is 16.2. The van der Waals surface area contributed by atoms with Gasteiger partial charge in [-0.1, -0.05) is 47.5 Å². The molecular weight excluding hydrogens is 346 g/mol. The van der Waals surface area contributed by atoms with Crippen LogP contribution in [0.3, 0.4) is 0 Å². The SMILES string of the molecule is c1coc(-c2noc(CSc3nnc(NC4CCCCC4)s3)n2)c1. The first kappa shape index (κ1) is 15.6. The molecule has 9 heteroatoms. The van der Waals surface area contributed by atoms with Crippen LogP contribution in [0.4, 0.5) is 5.13 Å². The van der Waals surface area contributed by atoms with Crippen molar-refractivity contribution in [1.82, 2.24) is 20.3 Å². The second-order valence-corrected chi connectivity index (χ2v) is 7.83. The van der Waals surface area contributed by atoms with Gasteiger partial charge >= 0.3 is 0 Å². The molecule has 7 nitrogen and oxygen atoms in total. The van der Waals surface area contributed by atoms with E-state index in [2.05, 4.69) is 25.7 Å². The second-order valence-electron chi connectivity index (χ2n) is 5.63. The van der Waals surface area contributed by atoms with Crippen molar-refractivity contribution in [2.75, 3.05) is 5.32 Å². The smallest absolute Gasteiger partial charge is 0.238 e. The minimum Gasteiger partial charge on any atom is -0.461 e. The molecule has 3 heterocycles. The van der Waals surface area contributed by atoms with Gasteiger partial charge in [0, 0.05) is 6.04 Å². The molecule has 0 bridgehead atoms. The summed E-state index contributed by atoms with van der Waals surface area (Å²) < 4.78 is 11.4. The van der Waals surface area contributed by atoms with Crippen molar-refractivity contribution in [3.8, 4) is 11.6 Å². The normalized spacial score (nSPS) is 15.7. The van der Waals surface area contributed by atoms with Crippen molar-refractivity contribution in [3.63, 3.8) is 0 Å². The van der Waals surface area contributed by atoms with Gasteiger partial charge < -0.3 is 14.3 Å². The van der Waals surface area contributed by atoms with Gasteiger partial charge in [-0.2, -0.15) is 4.98 Å². The highest BCUT2D eigenvalue weighted by Crippen LogP contribution is 2.30.